The molecule has 0 aliphatic carbocycles. The van der Waals surface area contributed by atoms with Crippen LogP contribution in [-0.4, -0.2) is 39.0 Å². The van der Waals surface area contributed by atoms with Crippen LogP contribution in [0.1, 0.15) is 56.8 Å². The fourth-order valence-electron chi connectivity index (χ4n) is 1.66. The summed E-state index contributed by atoms with van der Waals surface area (Å²) in [6.07, 6.45) is 0. The minimum Gasteiger partial charge on any atom is -0.455 e. The first-order valence-corrected chi connectivity index (χ1v) is 6.60. The van der Waals surface area contributed by atoms with Gasteiger partial charge in [0.25, 0.3) is 0 Å². The van der Waals surface area contributed by atoms with Crippen LogP contribution in [0.4, 0.5) is 0 Å². The Labute approximate surface area is 118 Å². The Bertz CT molecular complexity index is 502. The Balaban J connectivity index is 2.95. The highest BCUT2D eigenvalue weighted by Gasteiger charge is 2.26. The fraction of sp³-hybridized carbons (Fsp3) is 0.692. The molecule has 1 aromatic heterocycles. The zero-order valence-electron chi connectivity index (χ0n) is 12.9. The average Bonchev–Trinajstić information content (AvgIpc) is 2.68. The number of carbonyl (C=O) groups excluding carboxylic acids is 2. The van der Waals surface area contributed by atoms with Crippen LogP contribution in [0.2, 0.25) is 0 Å². The lowest BCUT2D eigenvalue weighted by Gasteiger charge is -2.18. The van der Waals surface area contributed by atoms with Gasteiger partial charge in [0.1, 0.15) is 11.6 Å². The standard InChI is InChI=1S/C13H22N4O3/c1-7-14-11(18)9(3)17-8(2)10(15-16-17)12(19)20-13(4,5)6/h9H,7H2,1-6H3,(H,14,18). The monoisotopic (exact) mass is 282 g/mol. The van der Waals surface area contributed by atoms with Gasteiger partial charge in [0, 0.05) is 6.54 Å². The van der Waals surface area contributed by atoms with E-state index in [-0.39, 0.29) is 11.6 Å². The number of aromatic nitrogens is 3. The van der Waals surface area contributed by atoms with Crippen molar-refractivity contribution < 1.29 is 14.3 Å². The predicted octanol–water partition coefficient (Wildman–Crippen LogP) is 1.24. The van der Waals surface area contributed by atoms with Crippen LogP contribution < -0.4 is 5.32 Å². The van der Waals surface area contributed by atoms with Gasteiger partial charge in [-0.05, 0) is 41.5 Å². The van der Waals surface area contributed by atoms with Crippen LogP contribution in [0.15, 0.2) is 0 Å². The maximum absolute atomic E-state index is 12.0. The summed E-state index contributed by atoms with van der Waals surface area (Å²) in [4.78, 5) is 23.8. The minimum absolute atomic E-state index is 0.135. The van der Waals surface area contributed by atoms with Gasteiger partial charge >= 0.3 is 5.97 Å². The molecule has 1 N–H and O–H groups in total. The smallest absolute Gasteiger partial charge is 0.361 e. The summed E-state index contributed by atoms with van der Waals surface area (Å²) >= 11 is 0. The second kappa shape index (κ2) is 6.02. The maximum atomic E-state index is 12.0. The molecule has 20 heavy (non-hydrogen) atoms. The van der Waals surface area contributed by atoms with E-state index in [2.05, 4.69) is 15.6 Å². The topological polar surface area (TPSA) is 86.1 Å². The molecule has 0 saturated carbocycles. The van der Waals surface area contributed by atoms with Gasteiger partial charge < -0.3 is 10.1 Å². The summed E-state index contributed by atoms with van der Waals surface area (Å²) in [6.45, 7) is 11.1. The molecule has 1 heterocycles. The molecule has 1 amide bonds. The molecule has 0 fully saturated rings. The van der Waals surface area contributed by atoms with Crippen molar-refractivity contribution in [2.45, 2.75) is 53.2 Å². The van der Waals surface area contributed by atoms with E-state index in [9.17, 15) is 9.59 Å². The third-order valence-corrected chi connectivity index (χ3v) is 2.62. The van der Waals surface area contributed by atoms with E-state index in [1.807, 2.05) is 6.92 Å². The van der Waals surface area contributed by atoms with Crippen molar-refractivity contribution in [2.24, 2.45) is 0 Å². The van der Waals surface area contributed by atoms with Crippen LogP contribution >= 0.6 is 0 Å². The first kappa shape index (κ1) is 16.1. The van der Waals surface area contributed by atoms with Gasteiger partial charge in [-0.25, -0.2) is 9.48 Å². The molecule has 112 valence electrons. The van der Waals surface area contributed by atoms with Crippen LogP contribution in [-0.2, 0) is 9.53 Å². The highest BCUT2D eigenvalue weighted by atomic mass is 16.6. The van der Waals surface area contributed by atoms with E-state index in [1.54, 1.807) is 34.6 Å². The molecule has 0 aliphatic rings. The van der Waals surface area contributed by atoms with Crippen LogP contribution in [0.5, 0.6) is 0 Å². The van der Waals surface area contributed by atoms with E-state index >= 15 is 0 Å². The Hall–Kier alpha value is -1.92. The summed E-state index contributed by atoms with van der Waals surface area (Å²) in [7, 11) is 0. The molecule has 0 aliphatic heterocycles. The summed E-state index contributed by atoms with van der Waals surface area (Å²) in [5.41, 5.74) is 0.0486. The lowest BCUT2D eigenvalue weighted by Crippen LogP contribution is -2.31. The van der Waals surface area contributed by atoms with Crippen LogP contribution in [0, 0.1) is 6.92 Å². The number of likely N-dealkylation sites (N-methyl/N-ethyl adjacent to an activating group) is 1. The molecule has 1 atom stereocenters. The zero-order valence-corrected chi connectivity index (χ0v) is 12.9. The Morgan fingerprint density at radius 3 is 2.50 bits per heavy atom. The molecule has 0 bridgehead atoms. The molecule has 7 heteroatoms. The SMILES string of the molecule is CCNC(=O)C(C)n1nnc(C(=O)OC(C)(C)C)c1C. The highest BCUT2D eigenvalue weighted by Crippen LogP contribution is 2.15. The Kier molecular flexibility index (Phi) is 4.86. The van der Waals surface area contributed by atoms with E-state index in [4.69, 9.17) is 4.74 Å². The van der Waals surface area contributed by atoms with Gasteiger partial charge in [0.15, 0.2) is 5.69 Å². The van der Waals surface area contributed by atoms with Gasteiger partial charge in [0.2, 0.25) is 5.91 Å². The fourth-order valence-corrected chi connectivity index (χ4v) is 1.66. The van der Waals surface area contributed by atoms with Crippen LogP contribution in [0.25, 0.3) is 0 Å². The van der Waals surface area contributed by atoms with Gasteiger partial charge in [-0.1, -0.05) is 5.21 Å². The van der Waals surface area contributed by atoms with E-state index in [1.165, 1.54) is 4.68 Å². The predicted molar refractivity (Wildman–Crippen MR) is 73.3 cm³/mol. The van der Waals surface area contributed by atoms with Crippen molar-refractivity contribution in [3.8, 4) is 0 Å². The molecular formula is C13H22N4O3. The van der Waals surface area contributed by atoms with Crippen molar-refractivity contribution in [3.63, 3.8) is 0 Å². The van der Waals surface area contributed by atoms with Crippen molar-refractivity contribution in [2.75, 3.05) is 6.54 Å². The molecule has 1 rings (SSSR count). The number of rotatable bonds is 4. The third kappa shape index (κ3) is 3.79. The summed E-state index contributed by atoms with van der Waals surface area (Å²) in [6, 6.07) is -0.529. The van der Waals surface area contributed by atoms with Crippen molar-refractivity contribution in [1.29, 1.82) is 0 Å². The largest absolute Gasteiger partial charge is 0.455 e. The van der Waals surface area contributed by atoms with Crippen molar-refractivity contribution in [3.05, 3.63) is 11.4 Å². The molecule has 0 radical (unpaired) electrons. The lowest BCUT2D eigenvalue weighted by atomic mass is 10.2. The number of hydrogen-bond donors (Lipinski definition) is 1. The van der Waals surface area contributed by atoms with E-state index in [0.29, 0.717) is 12.2 Å². The quantitative estimate of drug-likeness (QED) is 0.840. The molecule has 0 aromatic carbocycles. The summed E-state index contributed by atoms with van der Waals surface area (Å²) in [5, 5.41) is 10.4. The first-order valence-electron chi connectivity index (χ1n) is 6.60. The zero-order chi connectivity index (χ0) is 15.5. The number of ether oxygens (including phenoxy) is 1. The number of amides is 1. The van der Waals surface area contributed by atoms with Gasteiger partial charge in [-0.2, -0.15) is 0 Å². The van der Waals surface area contributed by atoms with E-state index < -0.39 is 17.6 Å². The maximum Gasteiger partial charge on any atom is 0.361 e. The molecule has 1 unspecified atom stereocenters. The molecule has 7 nitrogen and oxygen atoms in total. The molecule has 1 aromatic rings. The number of hydrogen-bond acceptors (Lipinski definition) is 5. The summed E-state index contributed by atoms with van der Waals surface area (Å²) < 4.78 is 6.67. The normalized spacial score (nSPS) is 12.9. The molecular weight excluding hydrogens is 260 g/mol. The highest BCUT2D eigenvalue weighted by molar-refractivity contribution is 5.88. The average molecular weight is 282 g/mol. The van der Waals surface area contributed by atoms with Gasteiger partial charge in [-0.3, -0.25) is 4.79 Å². The molecule has 0 saturated heterocycles. The third-order valence-electron chi connectivity index (χ3n) is 2.62. The van der Waals surface area contributed by atoms with Crippen LogP contribution in [0.3, 0.4) is 0 Å². The Morgan fingerprint density at radius 1 is 1.40 bits per heavy atom. The lowest BCUT2D eigenvalue weighted by molar-refractivity contribution is -0.124. The second-order valence-electron chi connectivity index (χ2n) is 5.54. The number of nitrogens with zero attached hydrogens (tertiary/aromatic N) is 3. The van der Waals surface area contributed by atoms with Crippen molar-refractivity contribution in [1.82, 2.24) is 20.3 Å². The van der Waals surface area contributed by atoms with Gasteiger partial charge in [-0.15, -0.1) is 5.10 Å². The number of nitrogens with one attached hydrogen (secondary N) is 1. The molecule has 0 spiro atoms. The minimum atomic E-state index is -0.599. The number of carbonyl (C=O) groups is 2. The van der Waals surface area contributed by atoms with E-state index in [0.717, 1.165) is 0 Å². The van der Waals surface area contributed by atoms with Gasteiger partial charge in [0.05, 0.1) is 5.69 Å². The first-order chi connectivity index (χ1) is 9.17. The van der Waals surface area contributed by atoms with Crippen molar-refractivity contribution >= 4 is 11.9 Å². The Morgan fingerprint density at radius 2 is 2.00 bits per heavy atom. The number of esters is 1. The summed E-state index contributed by atoms with van der Waals surface area (Å²) in [5.74, 6) is -0.708. The second-order valence-corrected chi connectivity index (χ2v) is 5.54.